The Balaban J connectivity index is 2.65. The molecule has 1 aliphatic carbocycles. The van der Waals surface area contributed by atoms with Crippen LogP contribution in [-0.4, -0.2) is 22.8 Å². The Hall–Kier alpha value is -2.37. The molecule has 1 aromatic carbocycles. The highest BCUT2D eigenvalue weighted by atomic mass is 16.6. The molecular weight excluding hydrogens is 274 g/mol. The van der Waals surface area contributed by atoms with Gasteiger partial charge in [0, 0.05) is 25.3 Å². The molecule has 21 heavy (non-hydrogen) atoms. The van der Waals surface area contributed by atoms with Gasteiger partial charge in [-0.15, -0.1) is 0 Å². The van der Waals surface area contributed by atoms with Gasteiger partial charge in [-0.3, -0.25) is 19.7 Å². The van der Waals surface area contributed by atoms with Gasteiger partial charge in [0.1, 0.15) is 11.7 Å². The molecule has 0 amide bonds. The number of aldehydes is 1. The summed E-state index contributed by atoms with van der Waals surface area (Å²) in [5.41, 5.74) is -1.67. The van der Waals surface area contributed by atoms with Crippen molar-refractivity contribution in [1.29, 1.82) is 0 Å². The minimum atomic E-state index is -1.54. The van der Waals surface area contributed by atoms with Crippen LogP contribution in [0.3, 0.4) is 0 Å². The van der Waals surface area contributed by atoms with E-state index in [0.717, 1.165) is 0 Å². The molecule has 1 saturated carbocycles. The summed E-state index contributed by atoms with van der Waals surface area (Å²) in [4.78, 5) is 46.2. The van der Waals surface area contributed by atoms with Crippen molar-refractivity contribution in [3.8, 4) is 0 Å². The van der Waals surface area contributed by atoms with Crippen LogP contribution in [0.15, 0.2) is 24.3 Å². The van der Waals surface area contributed by atoms with Gasteiger partial charge < -0.3 is 4.79 Å². The Morgan fingerprint density at radius 1 is 1.19 bits per heavy atom. The lowest BCUT2D eigenvalue weighted by atomic mass is 9.64. The van der Waals surface area contributed by atoms with E-state index in [1.54, 1.807) is 6.07 Å². The highest BCUT2D eigenvalue weighted by molar-refractivity contribution is 6.15. The fourth-order valence-corrected chi connectivity index (χ4v) is 2.97. The largest absolute Gasteiger partial charge is 0.303 e. The maximum Gasteiger partial charge on any atom is 0.274 e. The number of nitro benzene ring substituents is 1. The predicted octanol–water partition coefficient (Wildman–Crippen LogP) is 2.13. The van der Waals surface area contributed by atoms with E-state index < -0.39 is 10.3 Å². The number of carbonyl (C=O) groups excluding carboxylic acids is 3. The van der Waals surface area contributed by atoms with Gasteiger partial charge in [0.15, 0.2) is 11.6 Å². The number of para-hydroxylation sites is 1. The number of carbonyl (C=O) groups is 3. The number of nitro groups is 1. The van der Waals surface area contributed by atoms with Crippen LogP contribution < -0.4 is 0 Å². The normalized spacial score (nSPS) is 17.5. The summed E-state index contributed by atoms with van der Waals surface area (Å²) < 4.78 is 0. The van der Waals surface area contributed by atoms with E-state index in [-0.39, 0.29) is 48.5 Å². The first-order valence-electron chi connectivity index (χ1n) is 6.78. The lowest BCUT2D eigenvalue weighted by Gasteiger charge is -2.33. The third kappa shape index (κ3) is 2.49. The van der Waals surface area contributed by atoms with Crippen LogP contribution in [-0.2, 0) is 19.8 Å². The van der Waals surface area contributed by atoms with Gasteiger partial charge in [-0.1, -0.05) is 18.2 Å². The highest BCUT2D eigenvalue weighted by Gasteiger charge is 2.50. The number of hydrogen-bond acceptors (Lipinski definition) is 5. The molecule has 1 fully saturated rings. The van der Waals surface area contributed by atoms with Gasteiger partial charge in [-0.25, -0.2) is 0 Å². The molecule has 0 radical (unpaired) electrons. The van der Waals surface area contributed by atoms with E-state index in [9.17, 15) is 24.5 Å². The summed E-state index contributed by atoms with van der Waals surface area (Å²) in [6, 6.07) is 5.80. The van der Waals surface area contributed by atoms with Crippen molar-refractivity contribution < 1.29 is 19.3 Å². The van der Waals surface area contributed by atoms with Crippen molar-refractivity contribution in [3.05, 3.63) is 39.9 Å². The first-order valence-corrected chi connectivity index (χ1v) is 6.78. The zero-order valence-corrected chi connectivity index (χ0v) is 11.4. The highest BCUT2D eigenvalue weighted by Crippen LogP contribution is 2.41. The molecule has 2 rings (SSSR count). The molecule has 0 heterocycles. The summed E-state index contributed by atoms with van der Waals surface area (Å²) in [6.45, 7) is 0. The predicted molar refractivity (Wildman–Crippen MR) is 73.9 cm³/mol. The molecule has 110 valence electrons. The van der Waals surface area contributed by atoms with Crippen molar-refractivity contribution in [2.24, 2.45) is 0 Å². The molecule has 1 aromatic rings. The maximum absolute atomic E-state index is 12.4. The summed E-state index contributed by atoms with van der Waals surface area (Å²) >= 11 is 0. The van der Waals surface area contributed by atoms with Crippen LogP contribution in [0.5, 0.6) is 0 Å². The molecule has 0 unspecified atom stereocenters. The molecule has 6 heteroatoms. The van der Waals surface area contributed by atoms with Crippen LogP contribution in [0.2, 0.25) is 0 Å². The van der Waals surface area contributed by atoms with E-state index in [2.05, 4.69) is 0 Å². The van der Waals surface area contributed by atoms with Crippen LogP contribution in [0.1, 0.15) is 37.7 Å². The standard InChI is InChI=1S/C15H15NO5/c17-10-4-9-15(13(18)7-3-8-14(15)19)11-5-1-2-6-12(11)16(20)21/h1-2,5-6,10H,3-4,7-9H2. The average Bonchev–Trinajstić information content (AvgIpc) is 2.47. The van der Waals surface area contributed by atoms with Crippen LogP contribution >= 0.6 is 0 Å². The Morgan fingerprint density at radius 2 is 1.81 bits per heavy atom. The fourth-order valence-electron chi connectivity index (χ4n) is 2.97. The Bertz CT molecular complexity index is 592. The van der Waals surface area contributed by atoms with Gasteiger partial charge in [0.2, 0.25) is 0 Å². The second kappa shape index (κ2) is 5.95. The third-order valence-corrected chi connectivity index (χ3v) is 3.96. The van der Waals surface area contributed by atoms with Crippen molar-refractivity contribution in [3.63, 3.8) is 0 Å². The lowest BCUT2D eigenvalue weighted by Crippen LogP contribution is -2.47. The zero-order chi connectivity index (χ0) is 15.5. The molecule has 0 atom stereocenters. The summed E-state index contributed by atoms with van der Waals surface area (Å²) in [5, 5.41) is 11.2. The number of rotatable bonds is 5. The molecule has 6 nitrogen and oxygen atoms in total. The van der Waals surface area contributed by atoms with Crippen molar-refractivity contribution in [2.45, 2.75) is 37.5 Å². The molecule has 0 spiro atoms. The SMILES string of the molecule is O=CCCC1(c2ccccc2[N+](=O)[O-])C(=O)CCCC1=O. The van der Waals surface area contributed by atoms with E-state index in [0.29, 0.717) is 12.7 Å². The van der Waals surface area contributed by atoms with Gasteiger partial charge >= 0.3 is 0 Å². The first kappa shape index (κ1) is 15.0. The van der Waals surface area contributed by atoms with Gasteiger partial charge in [-0.05, 0) is 12.8 Å². The zero-order valence-electron chi connectivity index (χ0n) is 11.4. The average molecular weight is 289 g/mol. The van der Waals surface area contributed by atoms with E-state index >= 15 is 0 Å². The molecule has 0 bridgehead atoms. The molecule has 0 aliphatic heterocycles. The number of hydrogen-bond donors (Lipinski definition) is 0. The van der Waals surface area contributed by atoms with Crippen molar-refractivity contribution in [1.82, 2.24) is 0 Å². The summed E-state index contributed by atoms with van der Waals surface area (Å²) in [6.07, 6.45) is 1.52. The van der Waals surface area contributed by atoms with Gasteiger partial charge in [0.25, 0.3) is 5.69 Å². The molecule has 0 saturated heterocycles. The second-order valence-corrected chi connectivity index (χ2v) is 5.08. The van der Waals surface area contributed by atoms with Gasteiger partial charge in [0.05, 0.1) is 10.5 Å². The summed E-state index contributed by atoms with van der Waals surface area (Å²) in [7, 11) is 0. The summed E-state index contributed by atoms with van der Waals surface area (Å²) in [5.74, 6) is -0.648. The Kier molecular flexibility index (Phi) is 4.26. The minimum Gasteiger partial charge on any atom is -0.303 e. The van der Waals surface area contributed by atoms with Gasteiger partial charge in [-0.2, -0.15) is 0 Å². The smallest absolute Gasteiger partial charge is 0.274 e. The molecule has 0 N–H and O–H groups in total. The van der Waals surface area contributed by atoms with E-state index in [1.165, 1.54) is 18.2 Å². The van der Waals surface area contributed by atoms with E-state index in [4.69, 9.17) is 0 Å². The fraction of sp³-hybridized carbons (Fsp3) is 0.400. The second-order valence-electron chi connectivity index (χ2n) is 5.08. The van der Waals surface area contributed by atoms with E-state index in [1.807, 2.05) is 0 Å². The Labute approximate surface area is 121 Å². The topological polar surface area (TPSA) is 94.3 Å². The maximum atomic E-state index is 12.4. The van der Waals surface area contributed by atoms with Crippen molar-refractivity contribution in [2.75, 3.05) is 0 Å². The quantitative estimate of drug-likeness (QED) is 0.358. The third-order valence-electron chi connectivity index (χ3n) is 3.96. The number of Topliss-reactive ketones (excluding diaryl/α,β-unsaturated/α-hetero) is 2. The van der Waals surface area contributed by atoms with Crippen molar-refractivity contribution >= 4 is 23.5 Å². The van der Waals surface area contributed by atoms with Crippen LogP contribution in [0.25, 0.3) is 0 Å². The molecule has 0 aromatic heterocycles. The monoisotopic (exact) mass is 289 g/mol. The molecular formula is C15H15NO5. The number of ketones is 2. The van der Waals surface area contributed by atoms with Crippen LogP contribution in [0, 0.1) is 10.1 Å². The number of nitrogens with zero attached hydrogens (tertiary/aromatic N) is 1. The molecule has 1 aliphatic rings. The van der Waals surface area contributed by atoms with Crippen LogP contribution in [0.4, 0.5) is 5.69 Å². The lowest BCUT2D eigenvalue weighted by molar-refractivity contribution is -0.385. The minimum absolute atomic E-state index is 0.000972. The number of benzene rings is 1. The Morgan fingerprint density at radius 3 is 2.38 bits per heavy atom. The first-order chi connectivity index (χ1) is 10.0.